The second kappa shape index (κ2) is 5.64. The number of benzene rings is 1. The van der Waals surface area contributed by atoms with Gasteiger partial charge in [0.1, 0.15) is 6.17 Å². The molecule has 0 bridgehead atoms. The molecule has 0 unspecified atom stereocenters. The van der Waals surface area contributed by atoms with Crippen molar-refractivity contribution in [1.29, 1.82) is 0 Å². The number of halogens is 1. The van der Waals surface area contributed by atoms with Gasteiger partial charge in [-0.05, 0) is 31.0 Å². The number of hydrogen-bond donors (Lipinski definition) is 0. The smallest absolute Gasteiger partial charge is 0.337 e. The summed E-state index contributed by atoms with van der Waals surface area (Å²) in [6, 6.07) is 6.92. The normalized spacial score (nSPS) is 14.2. The molecule has 3 heteroatoms. The highest BCUT2D eigenvalue weighted by Gasteiger charge is 2.17. The van der Waals surface area contributed by atoms with Crippen LogP contribution in [-0.4, -0.2) is 19.3 Å². The molecule has 0 saturated carbocycles. The van der Waals surface area contributed by atoms with Crippen molar-refractivity contribution in [2.24, 2.45) is 0 Å². The lowest BCUT2D eigenvalue weighted by molar-refractivity contribution is 0.0600. The number of methoxy groups -OCH3 is 1. The van der Waals surface area contributed by atoms with Crippen molar-refractivity contribution in [2.45, 2.75) is 32.4 Å². The van der Waals surface area contributed by atoms with Crippen molar-refractivity contribution in [3.63, 3.8) is 0 Å². The van der Waals surface area contributed by atoms with E-state index in [0.29, 0.717) is 5.56 Å². The predicted octanol–water partition coefficient (Wildman–Crippen LogP) is 3.32. The van der Waals surface area contributed by atoms with Gasteiger partial charge < -0.3 is 4.74 Å². The van der Waals surface area contributed by atoms with E-state index in [1.165, 1.54) is 7.11 Å². The zero-order valence-corrected chi connectivity index (χ0v) is 9.87. The minimum Gasteiger partial charge on any atom is -0.465 e. The van der Waals surface area contributed by atoms with Gasteiger partial charge >= 0.3 is 5.97 Å². The molecule has 0 aliphatic heterocycles. The maximum Gasteiger partial charge on any atom is 0.337 e. The molecule has 0 N–H and O–H groups in total. The van der Waals surface area contributed by atoms with Crippen molar-refractivity contribution >= 4 is 5.97 Å². The summed E-state index contributed by atoms with van der Waals surface area (Å²) in [5.41, 5.74) is 1.41. The zero-order valence-electron chi connectivity index (χ0n) is 9.87. The molecule has 0 amide bonds. The van der Waals surface area contributed by atoms with Gasteiger partial charge in [-0.15, -0.1) is 0 Å². The van der Waals surface area contributed by atoms with Crippen molar-refractivity contribution in [1.82, 2.24) is 0 Å². The standard InChI is InChI=1S/C13H17FO2/c1-4-12(9(2)14)10-5-7-11(8-6-10)13(15)16-3/h5-9,12H,4H2,1-3H3/t9-,12+/m1/s1. The van der Waals surface area contributed by atoms with Gasteiger partial charge in [0.2, 0.25) is 0 Å². The SMILES string of the molecule is CC[C@H](c1ccc(C(=O)OC)cc1)[C@@H](C)F. The third-order valence-corrected chi connectivity index (χ3v) is 2.75. The first-order valence-electron chi connectivity index (χ1n) is 5.42. The predicted molar refractivity (Wildman–Crippen MR) is 61.4 cm³/mol. The van der Waals surface area contributed by atoms with Gasteiger partial charge in [0, 0.05) is 5.92 Å². The Kier molecular flexibility index (Phi) is 4.47. The Morgan fingerprint density at radius 3 is 2.31 bits per heavy atom. The summed E-state index contributed by atoms with van der Waals surface area (Å²) in [4.78, 5) is 11.2. The van der Waals surface area contributed by atoms with Gasteiger partial charge in [0.25, 0.3) is 0 Å². The van der Waals surface area contributed by atoms with Crippen molar-refractivity contribution in [3.05, 3.63) is 35.4 Å². The van der Waals surface area contributed by atoms with E-state index in [-0.39, 0.29) is 11.9 Å². The lowest BCUT2D eigenvalue weighted by Gasteiger charge is -2.16. The number of alkyl halides is 1. The largest absolute Gasteiger partial charge is 0.465 e. The molecule has 1 aromatic rings. The Labute approximate surface area is 95.4 Å². The molecule has 0 aliphatic rings. The molecule has 0 fully saturated rings. The van der Waals surface area contributed by atoms with E-state index in [9.17, 15) is 9.18 Å². The highest BCUT2D eigenvalue weighted by Crippen LogP contribution is 2.25. The molecular weight excluding hydrogens is 207 g/mol. The summed E-state index contributed by atoms with van der Waals surface area (Å²) < 4.78 is 17.9. The molecule has 2 nitrogen and oxygen atoms in total. The van der Waals surface area contributed by atoms with Crippen LogP contribution in [0.15, 0.2) is 24.3 Å². The molecule has 0 aliphatic carbocycles. The average molecular weight is 224 g/mol. The number of esters is 1. The fourth-order valence-corrected chi connectivity index (χ4v) is 1.81. The van der Waals surface area contributed by atoms with E-state index in [0.717, 1.165) is 12.0 Å². The first-order valence-corrected chi connectivity index (χ1v) is 5.42. The van der Waals surface area contributed by atoms with Gasteiger partial charge in [-0.25, -0.2) is 9.18 Å². The van der Waals surface area contributed by atoms with Crippen LogP contribution in [0.5, 0.6) is 0 Å². The molecule has 1 rings (SSSR count). The average Bonchev–Trinajstić information content (AvgIpc) is 2.29. The van der Waals surface area contributed by atoms with Crippen LogP contribution in [0.3, 0.4) is 0 Å². The van der Waals surface area contributed by atoms with Gasteiger partial charge in [-0.2, -0.15) is 0 Å². The van der Waals surface area contributed by atoms with E-state index in [2.05, 4.69) is 4.74 Å². The number of hydrogen-bond acceptors (Lipinski definition) is 2. The van der Waals surface area contributed by atoms with Crippen molar-refractivity contribution in [2.75, 3.05) is 7.11 Å². The zero-order chi connectivity index (χ0) is 12.1. The Balaban J connectivity index is 2.89. The maximum absolute atomic E-state index is 13.3. The number of carbonyl (C=O) groups is 1. The Morgan fingerprint density at radius 2 is 1.94 bits per heavy atom. The Morgan fingerprint density at radius 1 is 1.38 bits per heavy atom. The monoisotopic (exact) mass is 224 g/mol. The summed E-state index contributed by atoms with van der Waals surface area (Å²) in [6.45, 7) is 3.51. The van der Waals surface area contributed by atoms with Crippen molar-refractivity contribution in [3.8, 4) is 0 Å². The summed E-state index contributed by atoms with van der Waals surface area (Å²) >= 11 is 0. The summed E-state index contributed by atoms with van der Waals surface area (Å²) in [6.07, 6.45) is -0.135. The van der Waals surface area contributed by atoms with Crippen LogP contribution in [-0.2, 0) is 4.74 Å². The van der Waals surface area contributed by atoms with Gasteiger partial charge in [0.05, 0.1) is 12.7 Å². The molecule has 0 radical (unpaired) electrons. The molecule has 0 spiro atoms. The second-order valence-corrected chi connectivity index (χ2v) is 3.81. The van der Waals surface area contributed by atoms with Crippen LogP contribution in [0.2, 0.25) is 0 Å². The summed E-state index contributed by atoms with van der Waals surface area (Å²) in [5.74, 6) is -0.473. The molecule has 16 heavy (non-hydrogen) atoms. The van der Waals surface area contributed by atoms with E-state index >= 15 is 0 Å². The fourth-order valence-electron chi connectivity index (χ4n) is 1.81. The van der Waals surface area contributed by atoms with Crippen molar-refractivity contribution < 1.29 is 13.9 Å². The molecule has 0 heterocycles. The van der Waals surface area contributed by atoms with E-state index < -0.39 is 6.17 Å². The molecule has 1 aromatic carbocycles. The molecular formula is C13H17FO2. The summed E-state index contributed by atoms with van der Waals surface area (Å²) in [5, 5.41) is 0. The van der Waals surface area contributed by atoms with Gasteiger partial charge in [-0.1, -0.05) is 19.1 Å². The highest BCUT2D eigenvalue weighted by atomic mass is 19.1. The lowest BCUT2D eigenvalue weighted by Crippen LogP contribution is -2.09. The van der Waals surface area contributed by atoms with E-state index in [4.69, 9.17) is 0 Å². The Hall–Kier alpha value is -1.38. The molecule has 88 valence electrons. The van der Waals surface area contributed by atoms with Crippen LogP contribution >= 0.6 is 0 Å². The minimum atomic E-state index is -0.881. The first-order chi connectivity index (χ1) is 7.60. The van der Waals surface area contributed by atoms with Gasteiger partial charge in [-0.3, -0.25) is 0 Å². The minimum absolute atomic E-state index is 0.105. The quantitative estimate of drug-likeness (QED) is 0.733. The van der Waals surface area contributed by atoms with Crippen LogP contribution in [0, 0.1) is 0 Å². The molecule has 0 aromatic heterocycles. The highest BCUT2D eigenvalue weighted by molar-refractivity contribution is 5.89. The topological polar surface area (TPSA) is 26.3 Å². The van der Waals surface area contributed by atoms with Crippen LogP contribution in [0.25, 0.3) is 0 Å². The third kappa shape index (κ3) is 2.81. The molecule has 2 atom stereocenters. The van der Waals surface area contributed by atoms with E-state index in [1.807, 2.05) is 6.92 Å². The second-order valence-electron chi connectivity index (χ2n) is 3.81. The number of carbonyl (C=O) groups excluding carboxylic acids is 1. The maximum atomic E-state index is 13.3. The lowest BCUT2D eigenvalue weighted by atomic mass is 9.92. The van der Waals surface area contributed by atoms with Crippen LogP contribution < -0.4 is 0 Å². The van der Waals surface area contributed by atoms with Crippen LogP contribution in [0.1, 0.15) is 42.1 Å². The number of ether oxygens (including phenoxy) is 1. The third-order valence-electron chi connectivity index (χ3n) is 2.75. The molecule has 0 saturated heterocycles. The first kappa shape index (κ1) is 12.7. The van der Waals surface area contributed by atoms with E-state index in [1.54, 1.807) is 31.2 Å². The number of rotatable bonds is 4. The summed E-state index contributed by atoms with van der Waals surface area (Å²) in [7, 11) is 1.34. The Bertz CT molecular complexity index is 343. The van der Waals surface area contributed by atoms with Gasteiger partial charge in [0.15, 0.2) is 0 Å². The fraction of sp³-hybridized carbons (Fsp3) is 0.462. The van der Waals surface area contributed by atoms with Crippen LogP contribution in [0.4, 0.5) is 4.39 Å².